The number of hydrogen-bond acceptors (Lipinski definition) is 3. The summed E-state index contributed by atoms with van der Waals surface area (Å²) < 4.78 is 5.66. The molecule has 2 aromatic carbocycles. The molecular weight excluding hydrogens is 364 g/mol. The van der Waals surface area contributed by atoms with Crippen LogP contribution in [0.3, 0.4) is 0 Å². The van der Waals surface area contributed by atoms with Crippen LogP contribution < -0.4 is 5.32 Å². The number of likely N-dealkylation sites (tertiary alicyclic amines) is 1. The zero-order chi connectivity index (χ0) is 18.8. The SMILES string of the molecule is O=C(N[C@H](CN1CCCC1=O)c1ccccc1)c1cc2cc(Cl)ccc2o1. The van der Waals surface area contributed by atoms with Gasteiger partial charge < -0.3 is 14.6 Å². The van der Waals surface area contributed by atoms with Crippen molar-refractivity contribution < 1.29 is 14.0 Å². The highest BCUT2D eigenvalue weighted by atomic mass is 35.5. The summed E-state index contributed by atoms with van der Waals surface area (Å²) in [6.07, 6.45) is 1.43. The maximum atomic E-state index is 12.8. The number of benzene rings is 2. The largest absolute Gasteiger partial charge is 0.451 e. The molecule has 0 saturated carbocycles. The van der Waals surface area contributed by atoms with Crippen molar-refractivity contribution in [1.82, 2.24) is 10.2 Å². The topological polar surface area (TPSA) is 62.6 Å². The maximum Gasteiger partial charge on any atom is 0.287 e. The predicted molar refractivity (Wildman–Crippen MR) is 104 cm³/mol. The van der Waals surface area contributed by atoms with Crippen molar-refractivity contribution in [1.29, 1.82) is 0 Å². The maximum absolute atomic E-state index is 12.8. The van der Waals surface area contributed by atoms with E-state index in [0.29, 0.717) is 23.6 Å². The van der Waals surface area contributed by atoms with Gasteiger partial charge in [0.15, 0.2) is 5.76 Å². The summed E-state index contributed by atoms with van der Waals surface area (Å²) in [6, 6.07) is 16.3. The Balaban J connectivity index is 1.57. The highest BCUT2D eigenvalue weighted by Gasteiger charge is 2.26. The average molecular weight is 383 g/mol. The lowest BCUT2D eigenvalue weighted by molar-refractivity contribution is -0.128. The van der Waals surface area contributed by atoms with E-state index in [0.717, 1.165) is 23.9 Å². The lowest BCUT2D eigenvalue weighted by atomic mass is 10.1. The van der Waals surface area contributed by atoms with Crippen molar-refractivity contribution in [3.8, 4) is 0 Å². The van der Waals surface area contributed by atoms with E-state index in [2.05, 4.69) is 5.32 Å². The number of rotatable bonds is 5. The fraction of sp³-hybridized carbons (Fsp3) is 0.238. The van der Waals surface area contributed by atoms with Crippen LogP contribution in [-0.2, 0) is 4.79 Å². The van der Waals surface area contributed by atoms with Crippen molar-refractivity contribution >= 4 is 34.4 Å². The molecule has 0 unspecified atom stereocenters. The van der Waals surface area contributed by atoms with Gasteiger partial charge in [-0.15, -0.1) is 0 Å². The van der Waals surface area contributed by atoms with Crippen LogP contribution in [0.25, 0.3) is 11.0 Å². The molecule has 4 rings (SSSR count). The molecule has 3 aromatic rings. The third-order valence-electron chi connectivity index (χ3n) is 4.78. The summed E-state index contributed by atoms with van der Waals surface area (Å²) in [5.41, 5.74) is 1.56. The Morgan fingerprint density at radius 3 is 2.74 bits per heavy atom. The zero-order valence-corrected chi connectivity index (χ0v) is 15.4. The molecule has 1 saturated heterocycles. The van der Waals surface area contributed by atoms with Crippen LogP contribution >= 0.6 is 11.6 Å². The third kappa shape index (κ3) is 3.83. The van der Waals surface area contributed by atoms with Crippen LogP contribution in [0.15, 0.2) is 59.0 Å². The van der Waals surface area contributed by atoms with Crippen LogP contribution in [0, 0.1) is 0 Å². The molecule has 1 N–H and O–H groups in total. The minimum atomic E-state index is -0.317. The van der Waals surface area contributed by atoms with E-state index >= 15 is 0 Å². The molecule has 1 aliphatic rings. The highest BCUT2D eigenvalue weighted by Crippen LogP contribution is 2.24. The van der Waals surface area contributed by atoms with E-state index in [4.69, 9.17) is 16.0 Å². The Bertz CT molecular complexity index is 984. The number of furan rings is 1. The van der Waals surface area contributed by atoms with Gasteiger partial charge in [-0.3, -0.25) is 9.59 Å². The zero-order valence-electron chi connectivity index (χ0n) is 14.7. The fourth-order valence-corrected chi connectivity index (χ4v) is 3.57. The van der Waals surface area contributed by atoms with Crippen molar-refractivity contribution in [3.05, 3.63) is 70.9 Å². The van der Waals surface area contributed by atoms with E-state index in [1.54, 1.807) is 29.2 Å². The first-order valence-corrected chi connectivity index (χ1v) is 9.30. The lowest BCUT2D eigenvalue weighted by Crippen LogP contribution is -2.38. The molecule has 0 radical (unpaired) electrons. The minimum Gasteiger partial charge on any atom is -0.451 e. The van der Waals surface area contributed by atoms with Crippen LogP contribution in [0.4, 0.5) is 0 Å². The molecule has 2 heterocycles. The summed E-state index contributed by atoms with van der Waals surface area (Å²) in [5.74, 6) is 0.0346. The van der Waals surface area contributed by atoms with Crippen LogP contribution in [0.5, 0.6) is 0 Å². The van der Waals surface area contributed by atoms with Crippen molar-refractivity contribution in [2.45, 2.75) is 18.9 Å². The van der Waals surface area contributed by atoms with Crippen molar-refractivity contribution in [2.75, 3.05) is 13.1 Å². The fourth-order valence-electron chi connectivity index (χ4n) is 3.39. The molecule has 1 atom stereocenters. The summed E-state index contributed by atoms with van der Waals surface area (Å²) in [6.45, 7) is 1.17. The number of amides is 2. The number of hydrogen-bond donors (Lipinski definition) is 1. The van der Waals surface area contributed by atoms with Gasteiger partial charge in [0.25, 0.3) is 5.91 Å². The van der Waals surface area contributed by atoms with Crippen LogP contribution in [-0.4, -0.2) is 29.8 Å². The molecule has 0 spiro atoms. The molecule has 0 aliphatic carbocycles. The normalized spacial score (nSPS) is 15.3. The molecule has 138 valence electrons. The first-order chi connectivity index (χ1) is 13.1. The molecular formula is C21H19ClN2O3. The number of carbonyl (C=O) groups excluding carboxylic acids is 2. The second-order valence-electron chi connectivity index (χ2n) is 6.67. The Kier molecular flexibility index (Phi) is 4.86. The second kappa shape index (κ2) is 7.45. The van der Waals surface area contributed by atoms with Gasteiger partial charge in [-0.05, 0) is 36.2 Å². The molecule has 27 heavy (non-hydrogen) atoms. The van der Waals surface area contributed by atoms with Gasteiger partial charge in [-0.25, -0.2) is 0 Å². The summed E-state index contributed by atoms with van der Waals surface area (Å²) >= 11 is 6.00. The van der Waals surface area contributed by atoms with Crippen LogP contribution in [0.1, 0.15) is 35.0 Å². The highest BCUT2D eigenvalue weighted by molar-refractivity contribution is 6.31. The van der Waals surface area contributed by atoms with E-state index in [9.17, 15) is 9.59 Å². The molecule has 0 bridgehead atoms. The standard InChI is InChI=1S/C21H19ClN2O3/c22-16-8-9-18-15(11-16)12-19(27-18)21(26)23-17(14-5-2-1-3-6-14)13-24-10-4-7-20(24)25/h1-3,5-6,8-9,11-12,17H,4,7,10,13H2,(H,23,26)/t17-/m1/s1. The van der Waals surface area contributed by atoms with Gasteiger partial charge in [0.05, 0.1) is 6.04 Å². The van der Waals surface area contributed by atoms with Crippen molar-refractivity contribution in [3.63, 3.8) is 0 Å². The Morgan fingerprint density at radius 2 is 2.00 bits per heavy atom. The van der Waals surface area contributed by atoms with Gasteiger partial charge in [-0.2, -0.15) is 0 Å². The minimum absolute atomic E-state index is 0.128. The van der Waals surface area contributed by atoms with Crippen molar-refractivity contribution in [2.24, 2.45) is 0 Å². The molecule has 5 nitrogen and oxygen atoms in total. The lowest BCUT2D eigenvalue weighted by Gasteiger charge is -2.25. The Hall–Kier alpha value is -2.79. The molecule has 1 aromatic heterocycles. The number of nitrogens with zero attached hydrogens (tertiary/aromatic N) is 1. The van der Waals surface area contributed by atoms with Gasteiger partial charge in [0, 0.05) is 29.9 Å². The molecule has 6 heteroatoms. The van der Waals surface area contributed by atoms with Gasteiger partial charge in [0.2, 0.25) is 5.91 Å². The van der Waals surface area contributed by atoms with E-state index in [1.807, 2.05) is 30.3 Å². The monoisotopic (exact) mass is 382 g/mol. The van der Waals surface area contributed by atoms with E-state index in [-0.39, 0.29) is 23.6 Å². The first-order valence-electron chi connectivity index (χ1n) is 8.93. The van der Waals surface area contributed by atoms with Gasteiger partial charge >= 0.3 is 0 Å². The summed E-state index contributed by atoms with van der Waals surface area (Å²) in [4.78, 5) is 26.6. The number of fused-ring (bicyclic) bond motifs is 1. The number of halogens is 1. The Morgan fingerprint density at radius 1 is 1.19 bits per heavy atom. The summed E-state index contributed by atoms with van der Waals surface area (Å²) in [5, 5.41) is 4.38. The quantitative estimate of drug-likeness (QED) is 0.720. The third-order valence-corrected chi connectivity index (χ3v) is 5.02. The second-order valence-corrected chi connectivity index (χ2v) is 7.11. The van der Waals surface area contributed by atoms with E-state index in [1.165, 1.54) is 0 Å². The van der Waals surface area contributed by atoms with E-state index < -0.39 is 0 Å². The number of nitrogens with one attached hydrogen (secondary N) is 1. The molecule has 2 amide bonds. The Labute approximate surface area is 161 Å². The predicted octanol–water partition coefficient (Wildman–Crippen LogP) is 4.18. The number of carbonyl (C=O) groups is 2. The molecule has 1 fully saturated rings. The van der Waals surface area contributed by atoms with Gasteiger partial charge in [-0.1, -0.05) is 41.9 Å². The smallest absolute Gasteiger partial charge is 0.287 e. The first kappa shape index (κ1) is 17.6. The average Bonchev–Trinajstić information content (AvgIpc) is 3.27. The summed E-state index contributed by atoms with van der Waals surface area (Å²) in [7, 11) is 0. The van der Waals surface area contributed by atoms with Gasteiger partial charge in [0.1, 0.15) is 5.58 Å². The molecule has 1 aliphatic heterocycles. The van der Waals surface area contributed by atoms with Crippen LogP contribution in [0.2, 0.25) is 5.02 Å².